The standard InChI is InChI=1S/C14H20ClN3O3/c1-2-11-12(15)16-14(20)18(13(11)19)7-10-6-17-5-3-4-9(17)8-21-10/h9-10H,2-8H2,1H3,(H,16,20). The molecule has 2 fully saturated rings. The molecule has 2 saturated heterocycles. The van der Waals surface area contributed by atoms with E-state index in [1.54, 1.807) is 0 Å². The van der Waals surface area contributed by atoms with Crippen LogP contribution in [0.15, 0.2) is 9.59 Å². The zero-order valence-electron chi connectivity index (χ0n) is 12.1. The number of H-pyrrole nitrogens is 1. The summed E-state index contributed by atoms with van der Waals surface area (Å²) in [6.45, 7) is 4.67. The number of nitrogens with one attached hydrogen (secondary N) is 1. The lowest BCUT2D eigenvalue weighted by Crippen LogP contribution is -2.50. The highest BCUT2D eigenvalue weighted by atomic mass is 35.5. The third-order valence-corrected chi connectivity index (χ3v) is 4.75. The number of ether oxygens (including phenoxy) is 1. The second-order valence-electron chi connectivity index (χ2n) is 5.74. The first-order valence-corrected chi connectivity index (χ1v) is 7.85. The van der Waals surface area contributed by atoms with Gasteiger partial charge in [-0.15, -0.1) is 0 Å². The molecule has 116 valence electrons. The number of aromatic nitrogens is 2. The molecule has 7 heteroatoms. The number of nitrogens with zero attached hydrogens (tertiary/aromatic N) is 2. The van der Waals surface area contributed by atoms with Crippen molar-refractivity contribution in [1.29, 1.82) is 0 Å². The third kappa shape index (κ3) is 2.80. The predicted octanol–water partition coefficient (Wildman–Crippen LogP) is 0.616. The highest BCUT2D eigenvalue weighted by Gasteiger charge is 2.32. The van der Waals surface area contributed by atoms with Gasteiger partial charge in [0.15, 0.2) is 0 Å². The number of fused-ring (bicyclic) bond motifs is 1. The third-order valence-electron chi connectivity index (χ3n) is 4.43. The van der Waals surface area contributed by atoms with Crippen molar-refractivity contribution in [3.63, 3.8) is 0 Å². The van der Waals surface area contributed by atoms with Crippen molar-refractivity contribution in [3.05, 3.63) is 31.6 Å². The second kappa shape index (κ2) is 5.94. The zero-order chi connectivity index (χ0) is 15.0. The molecular weight excluding hydrogens is 294 g/mol. The van der Waals surface area contributed by atoms with Crippen LogP contribution in [0.4, 0.5) is 0 Å². The molecule has 0 bridgehead atoms. The molecule has 0 radical (unpaired) electrons. The highest BCUT2D eigenvalue weighted by molar-refractivity contribution is 6.30. The first kappa shape index (κ1) is 14.8. The zero-order valence-corrected chi connectivity index (χ0v) is 12.9. The van der Waals surface area contributed by atoms with Crippen LogP contribution in [0.1, 0.15) is 25.3 Å². The summed E-state index contributed by atoms with van der Waals surface area (Å²) >= 11 is 5.91. The molecule has 21 heavy (non-hydrogen) atoms. The van der Waals surface area contributed by atoms with Gasteiger partial charge in [0.1, 0.15) is 5.15 Å². The lowest BCUT2D eigenvalue weighted by Gasteiger charge is -2.35. The lowest BCUT2D eigenvalue weighted by atomic mass is 10.2. The first-order chi connectivity index (χ1) is 10.1. The molecule has 0 spiro atoms. The highest BCUT2D eigenvalue weighted by Crippen LogP contribution is 2.22. The number of halogens is 1. The van der Waals surface area contributed by atoms with E-state index in [-0.39, 0.29) is 23.4 Å². The Balaban J connectivity index is 1.82. The van der Waals surface area contributed by atoms with Crippen LogP contribution in [0.3, 0.4) is 0 Å². The van der Waals surface area contributed by atoms with Crippen LogP contribution in [0.25, 0.3) is 0 Å². The first-order valence-electron chi connectivity index (χ1n) is 7.47. The fourth-order valence-corrected chi connectivity index (χ4v) is 3.55. The lowest BCUT2D eigenvalue weighted by molar-refractivity contribution is -0.0560. The van der Waals surface area contributed by atoms with Gasteiger partial charge in [0, 0.05) is 12.6 Å². The minimum atomic E-state index is -0.464. The summed E-state index contributed by atoms with van der Waals surface area (Å²) in [5.41, 5.74) is -0.320. The summed E-state index contributed by atoms with van der Waals surface area (Å²) in [6.07, 6.45) is 2.74. The van der Waals surface area contributed by atoms with Crippen LogP contribution >= 0.6 is 11.6 Å². The Labute approximate surface area is 127 Å². The van der Waals surface area contributed by atoms with E-state index < -0.39 is 5.69 Å². The average Bonchev–Trinajstić information content (AvgIpc) is 2.91. The maximum atomic E-state index is 12.3. The molecule has 0 amide bonds. The van der Waals surface area contributed by atoms with Crippen molar-refractivity contribution in [2.75, 3.05) is 19.7 Å². The topological polar surface area (TPSA) is 67.3 Å². The van der Waals surface area contributed by atoms with Crippen LogP contribution < -0.4 is 11.2 Å². The van der Waals surface area contributed by atoms with Gasteiger partial charge in [-0.1, -0.05) is 18.5 Å². The van der Waals surface area contributed by atoms with Crippen LogP contribution in [-0.2, 0) is 17.7 Å². The molecule has 2 unspecified atom stereocenters. The predicted molar refractivity (Wildman–Crippen MR) is 80.0 cm³/mol. The molecule has 6 nitrogen and oxygen atoms in total. The van der Waals surface area contributed by atoms with Crippen LogP contribution in [-0.4, -0.2) is 46.3 Å². The Morgan fingerprint density at radius 2 is 2.24 bits per heavy atom. The Bertz CT molecular complexity index is 639. The molecule has 0 saturated carbocycles. The summed E-state index contributed by atoms with van der Waals surface area (Å²) in [7, 11) is 0. The van der Waals surface area contributed by atoms with Gasteiger partial charge in [0.25, 0.3) is 5.56 Å². The van der Waals surface area contributed by atoms with Gasteiger partial charge >= 0.3 is 5.69 Å². The summed E-state index contributed by atoms with van der Waals surface area (Å²) in [5.74, 6) is 0. The normalized spacial score (nSPS) is 26.0. The van der Waals surface area contributed by atoms with Crippen molar-refractivity contribution in [1.82, 2.24) is 14.5 Å². The van der Waals surface area contributed by atoms with Gasteiger partial charge < -0.3 is 4.74 Å². The van der Waals surface area contributed by atoms with Crippen LogP contribution in [0.5, 0.6) is 0 Å². The minimum absolute atomic E-state index is 0.121. The van der Waals surface area contributed by atoms with E-state index in [0.717, 1.165) is 13.1 Å². The summed E-state index contributed by atoms with van der Waals surface area (Å²) in [5, 5.41) is 0.146. The Morgan fingerprint density at radius 3 is 3.00 bits per heavy atom. The van der Waals surface area contributed by atoms with E-state index in [0.29, 0.717) is 24.6 Å². The van der Waals surface area contributed by atoms with Crippen molar-refractivity contribution < 1.29 is 4.74 Å². The molecule has 1 N–H and O–H groups in total. The number of aromatic amines is 1. The monoisotopic (exact) mass is 313 g/mol. The smallest absolute Gasteiger partial charge is 0.329 e. The molecule has 2 aliphatic heterocycles. The van der Waals surface area contributed by atoms with Crippen LogP contribution in [0.2, 0.25) is 5.15 Å². The average molecular weight is 314 g/mol. The van der Waals surface area contributed by atoms with Crippen molar-refractivity contribution in [3.8, 4) is 0 Å². The summed E-state index contributed by atoms with van der Waals surface area (Å²) in [4.78, 5) is 29.2. The molecule has 1 aromatic rings. The van der Waals surface area contributed by atoms with Gasteiger partial charge in [-0.25, -0.2) is 4.79 Å². The molecule has 1 aromatic heterocycles. The maximum Gasteiger partial charge on any atom is 0.329 e. The minimum Gasteiger partial charge on any atom is -0.373 e. The van der Waals surface area contributed by atoms with E-state index in [4.69, 9.17) is 16.3 Å². The molecule has 3 heterocycles. The van der Waals surface area contributed by atoms with Crippen molar-refractivity contribution >= 4 is 11.6 Å². The Morgan fingerprint density at radius 1 is 1.43 bits per heavy atom. The molecular formula is C14H20ClN3O3. The number of morpholine rings is 1. The maximum absolute atomic E-state index is 12.3. The van der Waals surface area contributed by atoms with E-state index in [9.17, 15) is 9.59 Å². The molecule has 3 rings (SSSR count). The molecule has 2 atom stereocenters. The van der Waals surface area contributed by atoms with Gasteiger partial charge in [0.2, 0.25) is 0 Å². The second-order valence-corrected chi connectivity index (χ2v) is 6.12. The Hall–Kier alpha value is -1.11. The Kier molecular flexibility index (Phi) is 4.19. The van der Waals surface area contributed by atoms with E-state index >= 15 is 0 Å². The van der Waals surface area contributed by atoms with Gasteiger partial charge in [-0.3, -0.25) is 19.2 Å². The summed E-state index contributed by atoms with van der Waals surface area (Å²) in [6, 6.07) is 0.507. The fraction of sp³-hybridized carbons (Fsp3) is 0.714. The summed E-state index contributed by atoms with van der Waals surface area (Å²) < 4.78 is 7.04. The van der Waals surface area contributed by atoms with Gasteiger partial charge in [0.05, 0.1) is 24.8 Å². The van der Waals surface area contributed by atoms with E-state index in [1.807, 2.05) is 6.92 Å². The van der Waals surface area contributed by atoms with E-state index in [1.165, 1.54) is 17.4 Å². The van der Waals surface area contributed by atoms with Crippen molar-refractivity contribution in [2.45, 2.75) is 44.9 Å². The molecule has 0 aliphatic carbocycles. The quantitative estimate of drug-likeness (QED) is 0.831. The van der Waals surface area contributed by atoms with Crippen LogP contribution in [0, 0.1) is 0 Å². The fourth-order valence-electron chi connectivity index (χ4n) is 3.26. The molecule has 0 aromatic carbocycles. The van der Waals surface area contributed by atoms with Crippen molar-refractivity contribution in [2.24, 2.45) is 0 Å². The van der Waals surface area contributed by atoms with Gasteiger partial charge in [-0.05, 0) is 25.8 Å². The molecule has 2 aliphatic rings. The number of rotatable bonds is 3. The van der Waals surface area contributed by atoms with E-state index in [2.05, 4.69) is 9.88 Å². The van der Waals surface area contributed by atoms with Gasteiger partial charge in [-0.2, -0.15) is 0 Å². The largest absolute Gasteiger partial charge is 0.373 e. The number of hydrogen-bond acceptors (Lipinski definition) is 4. The SMILES string of the molecule is CCc1c(Cl)[nH]c(=O)n(CC2CN3CCCC3CO2)c1=O. The number of hydrogen-bond donors (Lipinski definition) is 1.